The molecule has 0 unspecified atom stereocenters. The van der Waals surface area contributed by atoms with Gasteiger partial charge in [-0.3, -0.25) is 4.79 Å². The smallest absolute Gasteiger partial charge is 0.417 e. The van der Waals surface area contributed by atoms with Gasteiger partial charge in [0.25, 0.3) is 0 Å². The van der Waals surface area contributed by atoms with Gasteiger partial charge >= 0.3 is 12.1 Å². The topological polar surface area (TPSA) is 73.6 Å². The maximum atomic E-state index is 14.1. The van der Waals surface area contributed by atoms with E-state index in [0.29, 0.717) is 42.1 Å². The summed E-state index contributed by atoms with van der Waals surface area (Å²) in [4.78, 5) is 11.1. The molecule has 0 spiro atoms. The predicted molar refractivity (Wildman–Crippen MR) is 137 cm³/mol. The minimum Gasteiger partial charge on any atom is -0.492 e. The van der Waals surface area contributed by atoms with E-state index in [4.69, 9.17) is 14.6 Å². The van der Waals surface area contributed by atoms with Crippen LogP contribution in [0.2, 0.25) is 0 Å². The van der Waals surface area contributed by atoms with Crippen molar-refractivity contribution in [3.05, 3.63) is 94.8 Å². The first-order chi connectivity index (χ1) is 18.7. The van der Waals surface area contributed by atoms with Crippen molar-refractivity contribution in [2.75, 3.05) is 6.61 Å². The third-order valence-corrected chi connectivity index (χ3v) is 7.37. The quantitative estimate of drug-likeness (QED) is 0.292. The van der Waals surface area contributed by atoms with Crippen molar-refractivity contribution in [1.82, 2.24) is 9.78 Å². The van der Waals surface area contributed by atoms with Crippen molar-refractivity contribution in [2.24, 2.45) is 0 Å². The third kappa shape index (κ3) is 4.73. The molecule has 1 aromatic heterocycles. The second-order valence-corrected chi connectivity index (χ2v) is 9.95. The number of nitrogens with zero attached hydrogens (tertiary/aromatic N) is 2. The molecule has 0 amide bonds. The van der Waals surface area contributed by atoms with Crippen molar-refractivity contribution < 1.29 is 32.5 Å². The normalized spacial score (nSPS) is 17.9. The fourth-order valence-electron chi connectivity index (χ4n) is 5.57. The number of carboxylic acid groups (broad SMARTS) is 1. The number of fused-ring (bicyclic) bond motifs is 2. The maximum absolute atomic E-state index is 14.1. The largest absolute Gasteiger partial charge is 0.492 e. The van der Waals surface area contributed by atoms with E-state index in [1.54, 1.807) is 41.1 Å². The Bertz CT molecular complexity index is 1560. The number of rotatable bonds is 6. The minimum absolute atomic E-state index is 0.0178. The Kier molecular flexibility index (Phi) is 6.09. The van der Waals surface area contributed by atoms with Crippen molar-refractivity contribution in [3.8, 4) is 28.3 Å². The van der Waals surface area contributed by atoms with Gasteiger partial charge in [0.05, 0.1) is 30.0 Å². The molecule has 0 saturated heterocycles. The molecule has 200 valence electrons. The van der Waals surface area contributed by atoms with E-state index in [9.17, 15) is 18.0 Å². The van der Waals surface area contributed by atoms with Gasteiger partial charge in [-0.25, -0.2) is 4.68 Å². The van der Waals surface area contributed by atoms with Crippen molar-refractivity contribution >= 4 is 5.97 Å². The zero-order valence-electron chi connectivity index (χ0n) is 21.0. The standard InChI is InChI=1S/C30H25F3N2O4/c1-17-12-13-35(34-17)20-4-2-18(3-5-20)29-24-9-11-26(23(24)8-10-25(29)30(31,32)33)39-21-6-7-22-19(14-28(36)37)16-38-27(22)15-21/h2-8,10,12-13,15,19,26H,9,11,14,16H2,1H3,(H,36,37)/t19-,26-/m1/s1. The molecule has 9 heteroatoms. The molecule has 2 heterocycles. The lowest BCUT2D eigenvalue weighted by Crippen LogP contribution is -2.10. The molecule has 1 aliphatic heterocycles. The van der Waals surface area contributed by atoms with E-state index in [0.717, 1.165) is 28.6 Å². The number of benzene rings is 3. The van der Waals surface area contributed by atoms with E-state index >= 15 is 0 Å². The van der Waals surface area contributed by atoms with Crippen LogP contribution in [0.4, 0.5) is 13.2 Å². The van der Waals surface area contributed by atoms with Gasteiger partial charge in [-0.15, -0.1) is 0 Å². The molecular formula is C30H25F3N2O4. The lowest BCUT2D eigenvalue weighted by Gasteiger charge is -2.20. The fourth-order valence-corrected chi connectivity index (χ4v) is 5.57. The van der Waals surface area contributed by atoms with E-state index in [2.05, 4.69) is 5.10 Å². The number of aromatic nitrogens is 2. The Balaban J connectivity index is 1.32. The van der Waals surface area contributed by atoms with Gasteiger partial charge < -0.3 is 14.6 Å². The summed E-state index contributed by atoms with van der Waals surface area (Å²) in [7, 11) is 0. The molecule has 2 aliphatic rings. The molecule has 0 radical (unpaired) electrons. The number of aliphatic carboxylic acids is 1. The van der Waals surface area contributed by atoms with Crippen LogP contribution in [0.1, 0.15) is 52.8 Å². The first-order valence-corrected chi connectivity index (χ1v) is 12.7. The van der Waals surface area contributed by atoms with Gasteiger partial charge in [-0.2, -0.15) is 18.3 Å². The number of hydrogen-bond donors (Lipinski definition) is 1. The molecule has 6 rings (SSSR count). The van der Waals surface area contributed by atoms with Crippen molar-refractivity contribution in [2.45, 2.75) is 44.4 Å². The Morgan fingerprint density at radius 3 is 2.56 bits per heavy atom. The number of alkyl halides is 3. The number of ether oxygens (including phenoxy) is 2. The van der Waals surface area contributed by atoms with Crippen LogP contribution in [0, 0.1) is 6.92 Å². The number of carbonyl (C=O) groups is 1. The molecule has 1 N–H and O–H groups in total. The monoisotopic (exact) mass is 534 g/mol. The highest BCUT2D eigenvalue weighted by Crippen LogP contribution is 2.47. The predicted octanol–water partition coefficient (Wildman–Crippen LogP) is 6.88. The third-order valence-electron chi connectivity index (χ3n) is 7.37. The van der Waals surface area contributed by atoms with Gasteiger partial charge in [0.2, 0.25) is 0 Å². The Morgan fingerprint density at radius 1 is 1.10 bits per heavy atom. The van der Waals surface area contributed by atoms with Crippen LogP contribution in [0.3, 0.4) is 0 Å². The summed E-state index contributed by atoms with van der Waals surface area (Å²) in [6.45, 7) is 2.16. The molecule has 4 aromatic rings. The van der Waals surface area contributed by atoms with E-state index in [-0.39, 0.29) is 17.9 Å². The average molecular weight is 535 g/mol. The molecule has 2 atom stereocenters. The van der Waals surface area contributed by atoms with Crippen molar-refractivity contribution in [3.63, 3.8) is 0 Å². The summed E-state index contributed by atoms with van der Waals surface area (Å²) in [5.74, 6) is 0.00531. The SMILES string of the molecule is Cc1ccn(-c2ccc(-c3c(C(F)(F)F)ccc4c3CC[C@H]4Oc3ccc4c(c3)OC[C@H]4CC(=O)O)cc2)n1. The van der Waals surface area contributed by atoms with E-state index in [1.165, 1.54) is 6.07 Å². The summed E-state index contributed by atoms with van der Waals surface area (Å²) in [5.41, 5.74) is 3.80. The first kappa shape index (κ1) is 25.0. The summed E-state index contributed by atoms with van der Waals surface area (Å²) >= 11 is 0. The number of hydrogen-bond acceptors (Lipinski definition) is 4. The van der Waals surface area contributed by atoms with E-state index in [1.807, 2.05) is 25.3 Å². The summed E-state index contributed by atoms with van der Waals surface area (Å²) in [5, 5.41) is 13.5. The van der Waals surface area contributed by atoms with Gasteiger partial charge in [-0.05, 0) is 72.4 Å². The molecule has 1 aliphatic carbocycles. The van der Waals surface area contributed by atoms with Crippen LogP contribution in [-0.2, 0) is 17.4 Å². The lowest BCUT2D eigenvalue weighted by molar-refractivity contribution is -0.138. The van der Waals surface area contributed by atoms with Crippen LogP contribution in [0.15, 0.2) is 66.9 Å². The minimum atomic E-state index is -4.51. The van der Waals surface area contributed by atoms with Crippen LogP contribution < -0.4 is 9.47 Å². The lowest BCUT2D eigenvalue weighted by atomic mass is 9.91. The molecule has 39 heavy (non-hydrogen) atoms. The second-order valence-electron chi connectivity index (χ2n) is 9.95. The maximum Gasteiger partial charge on any atom is 0.417 e. The Labute approximate surface area is 222 Å². The molecule has 6 nitrogen and oxygen atoms in total. The molecule has 0 fully saturated rings. The van der Waals surface area contributed by atoms with Gasteiger partial charge in [-0.1, -0.05) is 24.3 Å². The first-order valence-electron chi connectivity index (χ1n) is 12.7. The molecule has 0 saturated carbocycles. The van der Waals surface area contributed by atoms with Gasteiger partial charge in [0, 0.05) is 23.7 Å². The number of aryl methyl sites for hydroxylation is 1. The molecule has 0 bridgehead atoms. The summed E-state index contributed by atoms with van der Waals surface area (Å²) in [6.07, 6.45) is -2.15. The average Bonchev–Trinajstić information content (AvgIpc) is 3.62. The zero-order valence-corrected chi connectivity index (χ0v) is 21.0. The zero-order chi connectivity index (χ0) is 27.3. The Hall–Kier alpha value is -4.27. The second kappa shape index (κ2) is 9.48. The fraction of sp³-hybridized carbons (Fsp3) is 0.267. The van der Waals surface area contributed by atoms with E-state index < -0.39 is 23.8 Å². The number of halogens is 3. The van der Waals surface area contributed by atoms with Gasteiger partial charge in [0.1, 0.15) is 17.6 Å². The summed E-state index contributed by atoms with van der Waals surface area (Å²) < 4.78 is 56.0. The van der Waals surface area contributed by atoms with Crippen molar-refractivity contribution in [1.29, 1.82) is 0 Å². The highest BCUT2D eigenvalue weighted by Gasteiger charge is 2.38. The van der Waals surface area contributed by atoms with Crippen LogP contribution in [0.5, 0.6) is 11.5 Å². The Morgan fingerprint density at radius 2 is 1.87 bits per heavy atom. The molecule has 3 aromatic carbocycles. The highest BCUT2D eigenvalue weighted by atomic mass is 19.4. The number of carboxylic acids is 1. The van der Waals surface area contributed by atoms with Gasteiger partial charge in [0.15, 0.2) is 0 Å². The summed E-state index contributed by atoms with van der Waals surface area (Å²) in [6, 6.07) is 16.8. The van der Waals surface area contributed by atoms with Crippen LogP contribution in [0.25, 0.3) is 16.8 Å². The highest BCUT2D eigenvalue weighted by molar-refractivity contribution is 5.75. The van der Waals surface area contributed by atoms with Crippen LogP contribution in [-0.4, -0.2) is 27.5 Å². The van der Waals surface area contributed by atoms with Crippen LogP contribution >= 0.6 is 0 Å². The molecular weight excluding hydrogens is 509 g/mol.